The van der Waals surface area contributed by atoms with Crippen LogP contribution in [0.1, 0.15) is 70.2 Å². The van der Waals surface area contributed by atoms with Crippen LogP contribution in [0.4, 0.5) is 0 Å². The Kier molecular flexibility index (Phi) is 7.72. The minimum Gasteiger partial charge on any atom is -0.296 e. The molecule has 0 fully saturated rings. The summed E-state index contributed by atoms with van der Waals surface area (Å²) in [6.45, 7) is 7.04. The Morgan fingerprint density at radius 3 is 2.41 bits per heavy atom. The molecule has 7 heteroatoms. The summed E-state index contributed by atoms with van der Waals surface area (Å²) in [5, 5.41) is 14.3. The lowest BCUT2D eigenvalue weighted by atomic mass is 9.98. The zero-order valence-corrected chi connectivity index (χ0v) is 20.4. The molecule has 178 valence electrons. The highest BCUT2D eigenvalue weighted by Crippen LogP contribution is 2.29. The van der Waals surface area contributed by atoms with Crippen molar-refractivity contribution >= 4 is 0 Å². The Morgan fingerprint density at radius 2 is 1.74 bits per heavy atom. The number of nitrogens with one attached hydrogen (secondary N) is 1. The van der Waals surface area contributed by atoms with Crippen molar-refractivity contribution in [3.05, 3.63) is 76.5 Å². The first-order chi connectivity index (χ1) is 16.6. The fraction of sp³-hybridized carbons (Fsp3) is 0.407. The highest BCUT2D eigenvalue weighted by molar-refractivity contribution is 5.80. The molecule has 0 spiro atoms. The summed E-state index contributed by atoms with van der Waals surface area (Å²) in [7, 11) is 0. The van der Waals surface area contributed by atoms with E-state index >= 15 is 0 Å². The van der Waals surface area contributed by atoms with Gasteiger partial charge in [0, 0.05) is 23.5 Å². The van der Waals surface area contributed by atoms with Crippen LogP contribution in [0.15, 0.2) is 59.5 Å². The van der Waals surface area contributed by atoms with Crippen molar-refractivity contribution in [2.75, 3.05) is 0 Å². The van der Waals surface area contributed by atoms with Gasteiger partial charge < -0.3 is 0 Å². The molecule has 2 aromatic heterocycles. The van der Waals surface area contributed by atoms with Crippen LogP contribution in [0.3, 0.4) is 0 Å². The standard InChI is InChI=1S/C27H34N6O/c1-4-6-7-8-11-23-19-32(20(3)5-2)27(34)33(23)18-21-14-16-22(17-15-21)24-12-9-10-13-25(24)26-28-30-31-29-26/h9-10,12-17,19-20H,4-8,11,18H2,1-3H3,(H,28,29,30,31). The molecule has 0 aliphatic rings. The summed E-state index contributed by atoms with van der Waals surface area (Å²) >= 11 is 0. The fourth-order valence-corrected chi connectivity index (χ4v) is 4.35. The first kappa shape index (κ1) is 23.7. The molecule has 0 saturated carbocycles. The summed E-state index contributed by atoms with van der Waals surface area (Å²) in [4.78, 5) is 13.3. The highest BCUT2D eigenvalue weighted by Gasteiger charge is 2.15. The summed E-state index contributed by atoms with van der Waals surface area (Å²) in [6.07, 6.45) is 8.73. The maximum atomic E-state index is 13.3. The predicted molar refractivity (Wildman–Crippen MR) is 136 cm³/mol. The number of rotatable bonds is 11. The molecule has 0 bridgehead atoms. The second kappa shape index (κ2) is 11.1. The van der Waals surface area contributed by atoms with E-state index in [9.17, 15) is 4.79 Å². The van der Waals surface area contributed by atoms with Crippen LogP contribution in [-0.2, 0) is 13.0 Å². The zero-order chi connectivity index (χ0) is 23.9. The quantitative estimate of drug-likeness (QED) is 0.295. The molecular weight excluding hydrogens is 424 g/mol. The molecular formula is C27H34N6O. The lowest BCUT2D eigenvalue weighted by molar-refractivity contribution is 0.504. The molecule has 0 aliphatic heterocycles. The van der Waals surface area contributed by atoms with E-state index in [1.54, 1.807) is 0 Å². The maximum Gasteiger partial charge on any atom is 0.328 e. The molecule has 2 heterocycles. The van der Waals surface area contributed by atoms with Crippen LogP contribution in [-0.4, -0.2) is 29.8 Å². The Balaban J connectivity index is 1.59. The van der Waals surface area contributed by atoms with Gasteiger partial charge in [0.1, 0.15) is 0 Å². The summed E-state index contributed by atoms with van der Waals surface area (Å²) in [6, 6.07) is 16.7. The minimum atomic E-state index is 0.0899. The van der Waals surface area contributed by atoms with E-state index in [4.69, 9.17) is 0 Å². The average Bonchev–Trinajstić information content (AvgIpc) is 3.51. The first-order valence-electron chi connectivity index (χ1n) is 12.3. The Bertz CT molecular complexity index is 1240. The number of nitrogens with zero attached hydrogens (tertiary/aromatic N) is 5. The Labute approximate surface area is 200 Å². The van der Waals surface area contributed by atoms with Crippen molar-refractivity contribution in [3.8, 4) is 22.5 Å². The van der Waals surface area contributed by atoms with Gasteiger partial charge in [-0.1, -0.05) is 81.6 Å². The van der Waals surface area contributed by atoms with Crippen molar-refractivity contribution in [2.45, 2.75) is 71.9 Å². The fourth-order valence-electron chi connectivity index (χ4n) is 4.35. The van der Waals surface area contributed by atoms with E-state index in [1.165, 1.54) is 19.3 Å². The van der Waals surface area contributed by atoms with Crippen LogP contribution >= 0.6 is 0 Å². The number of aryl methyl sites for hydroxylation is 1. The molecule has 34 heavy (non-hydrogen) atoms. The maximum absolute atomic E-state index is 13.3. The number of aromatic amines is 1. The van der Waals surface area contributed by atoms with Crippen molar-refractivity contribution in [1.29, 1.82) is 0 Å². The van der Waals surface area contributed by atoms with Gasteiger partial charge in [0.25, 0.3) is 0 Å². The van der Waals surface area contributed by atoms with E-state index in [0.29, 0.717) is 12.4 Å². The van der Waals surface area contributed by atoms with E-state index in [0.717, 1.165) is 47.2 Å². The molecule has 0 aliphatic carbocycles. The summed E-state index contributed by atoms with van der Waals surface area (Å²) in [5.41, 5.74) is 5.43. The highest BCUT2D eigenvalue weighted by atomic mass is 16.1. The topological polar surface area (TPSA) is 81.4 Å². The van der Waals surface area contributed by atoms with Gasteiger partial charge in [-0.05, 0) is 53.3 Å². The third-order valence-corrected chi connectivity index (χ3v) is 6.57. The van der Waals surface area contributed by atoms with Crippen LogP contribution in [0.25, 0.3) is 22.5 Å². The Hall–Kier alpha value is -3.48. The summed E-state index contributed by atoms with van der Waals surface area (Å²) in [5.74, 6) is 0.644. The van der Waals surface area contributed by atoms with E-state index in [2.05, 4.69) is 77.9 Å². The van der Waals surface area contributed by atoms with Gasteiger partial charge >= 0.3 is 5.69 Å². The molecule has 7 nitrogen and oxygen atoms in total. The first-order valence-corrected chi connectivity index (χ1v) is 12.3. The zero-order valence-electron chi connectivity index (χ0n) is 20.4. The van der Waals surface area contributed by atoms with Gasteiger partial charge in [0.15, 0.2) is 5.82 Å². The Morgan fingerprint density at radius 1 is 0.971 bits per heavy atom. The number of aromatic nitrogens is 6. The SMILES string of the molecule is CCCCCCc1cn(C(C)CC)c(=O)n1Cc1ccc(-c2ccccc2-c2nnn[nH]2)cc1. The van der Waals surface area contributed by atoms with E-state index in [-0.39, 0.29) is 11.7 Å². The largest absolute Gasteiger partial charge is 0.328 e. The van der Waals surface area contributed by atoms with E-state index in [1.807, 2.05) is 27.3 Å². The van der Waals surface area contributed by atoms with Crippen molar-refractivity contribution in [1.82, 2.24) is 29.8 Å². The lowest BCUT2D eigenvalue weighted by Gasteiger charge is -2.11. The second-order valence-electron chi connectivity index (χ2n) is 8.96. The monoisotopic (exact) mass is 458 g/mol. The van der Waals surface area contributed by atoms with Crippen LogP contribution in [0, 0.1) is 0 Å². The summed E-state index contributed by atoms with van der Waals surface area (Å²) < 4.78 is 3.87. The molecule has 0 amide bonds. The second-order valence-corrected chi connectivity index (χ2v) is 8.96. The van der Waals surface area contributed by atoms with Gasteiger partial charge in [0.05, 0.1) is 6.54 Å². The van der Waals surface area contributed by atoms with Crippen molar-refractivity contribution in [3.63, 3.8) is 0 Å². The van der Waals surface area contributed by atoms with Crippen molar-refractivity contribution < 1.29 is 0 Å². The number of hydrogen-bond acceptors (Lipinski definition) is 4. The smallest absolute Gasteiger partial charge is 0.296 e. The van der Waals surface area contributed by atoms with Gasteiger partial charge in [-0.15, -0.1) is 5.10 Å². The van der Waals surface area contributed by atoms with Gasteiger partial charge in [-0.2, -0.15) is 0 Å². The number of benzene rings is 2. The molecule has 2 aromatic carbocycles. The molecule has 1 N–H and O–H groups in total. The number of tetrazole rings is 1. The molecule has 4 rings (SSSR count). The average molecular weight is 459 g/mol. The van der Waals surface area contributed by atoms with Gasteiger partial charge in [0.2, 0.25) is 0 Å². The molecule has 0 radical (unpaired) electrons. The van der Waals surface area contributed by atoms with Crippen LogP contribution in [0.5, 0.6) is 0 Å². The third kappa shape index (κ3) is 5.19. The molecule has 0 saturated heterocycles. The lowest BCUT2D eigenvalue weighted by Crippen LogP contribution is -2.27. The molecule has 1 atom stereocenters. The van der Waals surface area contributed by atoms with Gasteiger partial charge in [-0.3, -0.25) is 9.13 Å². The minimum absolute atomic E-state index is 0.0899. The van der Waals surface area contributed by atoms with E-state index < -0.39 is 0 Å². The number of hydrogen-bond donors (Lipinski definition) is 1. The predicted octanol–water partition coefficient (Wildman–Crippen LogP) is 5.64. The molecule has 4 aromatic rings. The normalized spacial score (nSPS) is 12.2. The third-order valence-electron chi connectivity index (χ3n) is 6.57. The number of H-pyrrole nitrogens is 1. The van der Waals surface area contributed by atoms with Crippen LogP contribution in [0.2, 0.25) is 0 Å². The van der Waals surface area contributed by atoms with Crippen molar-refractivity contribution in [2.24, 2.45) is 0 Å². The molecule has 1 unspecified atom stereocenters. The number of unbranched alkanes of at least 4 members (excludes halogenated alkanes) is 3. The number of imidazole rings is 1. The van der Waals surface area contributed by atoms with Crippen LogP contribution < -0.4 is 5.69 Å². The van der Waals surface area contributed by atoms with Gasteiger partial charge in [-0.25, -0.2) is 9.89 Å².